The number of H-pyrrole nitrogens is 1. The van der Waals surface area contributed by atoms with E-state index in [0.29, 0.717) is 31.0 Å². The number of amides is 4. The lowest BCUT2D eigenvalue weighted by Gasteiger charge is -2.29. The minimum Gasteiger partial charge on any atom is -0.356 e. The molecule has 4 amide bonds. The number of rotatable bonds is 10. The SMILES string of the molecule is C=CC(=O)N[C@H](C[C@@H]1CCNC1=O)NC(=O)[C@H](CC1CCCCC1)NC(=O)c1cc2ccccc2[nH]1. The summed E-state index contributed by atoms with van der Waals surface area (Å²) in [7, 11) is 0. The Morgan fingerprint density at radius 3 is 2.50 bits per heavy atom. The number of nitrogens with one attached hydrogen (secondary N) is 5. The van der Waals surface area contributed by atoms with E-state index >= 15 is 0 Å². The third-order valence-electron chi connectivity index (χ3n) is 7.19. The maximum absolute atomic E-state index is 13.5. The van der Waals surface area contributed by atoms with E-state index in [1.807, 2.05) is 24.3 Å². The topological polar surface area (TPSA) is 132 Å². The van der Waals surface area contributed by atoms with Crippen LogP contribution in [0.3, 0.4) is 0 Å². The second kappa shape index (κ2) is 11.9. The van der Waals surface area contributed by atoms with Crippen molar-refractivity contribution in [1.82, 2.24) is 26.3 Å². The quantitative estimate of drug-likeness (QED) is 0.257. The van der Waals surface area contributed by atoms with E-state index in [0.717, 1.165) is 42.7 Å². The largest absolute Gasteiger partial charge is 0.356 e. The molecule has 1 saturated carbocycles. The molecule has 5 N–H and O–H groups in total. The van der Waals surface area contributed by atoms with Crippen LogP contribution in [0.4, 0.5) is 0 Å². The Morgan fingerprint density at radius 2 is 1.81 bits per heavy atom. The fourth-order valence-corrected chi connectivity index (χ4v) is 5.23. The maximum Gasteiger partial charge on any atom is 0.268 e. The first-order valence-electron chi connectivity index (χ1n) is 12.8. The first-order chi connectivity index (χ1) is 17.4. The van der Waals surface area contributed by atoms with Crippen LogP contribution in [-0.2, 0) is 14.4 Å². The zero-order valence-corrected chi connectivity index (χ0v) is 20.5. The molecular weight excluding hydrogens is 458 g/mol. The van der Waals surface area contributed by atoms with Crippen molar-refractivity contribution in [1.29, 1.82) is 0 Å². The molecule has 2 aromatic rings. The van der Waals surface area contributed by atoms with E-state index < -0.39 is 18.1 Å². The minimum atomic E-state index is -0.771. The Kier molecular flexibility index (Phi) is 8.40. The molecule has 0 bridgehead atoms. The summed E-state index contributed by atoms with van der Waals surface area (Å²) in [5.74, 6) is -1.24. The number of para-hydroxylation sites is 1. The van der Waals surface area contributed by atoms with Gasteiger partial charge in [-0.25, -0.2) is 0 Å². The summed E-state index contributed by atoms with van der Waals surface area (Å²) in [5.41, 5.74) is 1.23. The van der Waals surface area contributed by atoms with E-state index in [2.05, 4.69) is 32.8 Å². The first-order valence-corrected chi connectivity index (χ1v) is 12.8. The van der Waals surface area contributed by atoms with Crippen molar-refractivity contribution in [2.24, 2.45) is 11.8 Å². The Balaban J connectivity index is 1.49. The zero-order chi connectivity index (χ0) is 25.5. The minimum absolute atomic E-state index is 0.0898. The summed E-state index contributed by atoms with van der Waals surface area (Å²) in [6.45, 7) is 4.05. The van der Waals surface area contributed by atoms with E-state index in [4.69, 9.17) is 0 Å². The summed E-state index contributed by atoms with van der Waals surface area (Å²) >= 11 is 0. The standard InChI is InChI=1S/C27H35N5O4/c1-2-24(33)31-23(16-19-12-13-28-25(19)34)32-27(36)21(14-17-8-4-3-5-9-17)30-26(35)22-15-18-10-6-7-11-20(18)29-22/h2,6-7,10-11,15,17,19,21,23,29H,1,3-5,8-9,12-14,16H2,(H,28,34)(H,30,35)(H,31,33)(H,32,36)/t19-,21-,23-/m0/s1. The third-order valence-corrected chi connectivity index (χ3v) is 7.19. The normalized spacial score (nSPS) is 19.8. The van der Waals surface area contributed by atoms with Crippen molar-refractivity contribution in [2.45, 2.75) is 63.6 Å². The number of benzene rings is 1. The van der Waals surface area contributed by atoms with Crippen LogP contribution in [0.1, 0.15) is 61.9 Å². The highest BCUT2D eigenvalue weighted by atomic mass is 16.2. The fraction of sp³-hybridized carbons (Fsp3) is 0.481. The molecule has 2 fully saturated rings. The van der Waals surface area contributed by atoms with Gasteiger partial charge in [0.25, 0.3) is 5.91 Å². The third kappa shape index (κ3) is 6.53. The number of carbonyl (C=O) groups excluding carboxylic acids is 4. The van der Waals surface area contributed by atoms with Gasteiger partial charge in [0.05, 0.1) is 0 Å². The van der Waals surface area contributed by atoms with Gasteiger partial charge >= 0.3 is 0 Å². The molecule has 2 heterocycles. The number of aromatic amines is 1. The first kappa shape index (κ1) is 25.5. The molecule has 4 rings (SSSR count). The second-order valence-electron chi connectivity index (χ2n) is 9.82. The predicted molar refractivity (Wildman–Crippen MR) is 137 cm³/mol. The lowest BCUT2D eigenvalue weighted by molar-refractivity contribution is -0.127. The average Bonchev–Trinajstić information content (AvgIpc) is 3.50. The summed E-state index contributed by atoms with van der Waals surface area (Å²) in [4.78, 5) is 53.9. The van der Waals surface area contributed by atoms with E-state index in [9.17, 15) is 19.2 Å². The van der Waals surface area contributed by atoms with Crippen LogP contribution in [0.2, 0.25) is 0 Å². The summed E-state index contributed by atoms with van der Waals surface area (Å²) in [6.07, 6.45) is 7.25. The maximum atomic E-state index is 13.5. The molecule has 0 unspecified atom stereocenters. The number of fused-ring (bicyclic) bond motifs is 1. The molecule has 1 aromatic carbocycles. The Labute approximate surface area is 210 Å². The van der Waals surface area contributed by atoms with Crippen molar-refractivity contribution in [2.75, 3.05) is 6.54 Å². The van der Waals surface area contributed by atoms with Gasteiger partial charge in [0.1, 0.15) is 17.9 Å². The summed E-state index contributed by atoms with van der Waals surface area (Å²) in [5, 5.41) is 12.2. The predicted octanol–water partition coefficient (Wildman–Crippen LogP) is 2.51. The van der Waals surface area contributed by atoms with Gasteiger partial charge in [-0.15, -0.1) is 0 Å². The van der Waals surface area contributed by atoms with Crippen molar-refractivity contribution in [3.63, 3.8) is 0 Å². The smallest absolute Gasteiger partial charge is 0.268 e. The molecule has 1 aromatic heterocycles. The van der Waals surface area contributed by atoms with Crippen LogP contribution in [-0.4, -0.2) is 47.4 Å². The second-order valence-corrected chi connectivity index (χ2v) is 9.82. The molecule has 9 nitrogen and oxygen atoms in total. The monoisotopic (exact) mass is 493 g/mol. The Morgan fingerprint density at radius 1 is 1.03 bits per heavy atom. The van der Waals surface area contributed by atoms with Gasteiger partial charge in [-0.2, -0.15) is 0 Å². The molecule has 192 valence electrons. The molecule has 9 heteroatoms. The average molecular weight is 494 g/mol. The highest BCUT2D eigenvalue weighted by molar-refractivity contribution is 6.00. The van der Waals surface area contributed by atoms with Crippen LogP contribution in [0.15, 0.2) is 43.0 Å². The van der Waals surface area contributed by atoms with E-state index in [1.165, 1.54) is 6.42 Å². The number of hydrogen-bond acceptors (Lipinski definition) is 4. The molecule has 1 aliphatic heterocycles. The molecule has 2 aliphatic rings. The van der Waals surface area contributed by atoms with Crippen LogP contribution < -0.4 is 21.3 Å². The number of aromatic nitrogens is 1. The lowest BCUT2D eigenvalue weighted by Crippen LogP contribution is -2.55. The highest BCUT2D eigenvalue weighted by Crippen LogP contribution is 2.28. The van der Waals surface area contributed by atoms with Crippen molar-refractivity contribution < 1.29 is 19.2 Å². The summed E-state index contributed by atoms with van der Waals surface area (Å²) in [6, 6.07) is 8.60. The van der Waals surface area contributed by atoms with Crippen LogP contribution >= 0.6 is 0 Å². The molecule has 0 radical (unpaired) electrons. The number of hydrogen-bond donors (Lipinski definition) is 5. The Hall–Kier alpha value is -3.62. The molecule has 1 saturated heterocycles. The van der Waals surface area contributed by atoms with Gasteiger partial charge < -0.3 is 26.3 Å². The zero-order valence-electron chi connectivity index (χ0n) is 20.5. The van der Waals surface area contributed by atoms with Crippen molar-refractivity contribution in [3.05, 3.63) is 48.7 Å². The molecule has 3 atom stereocenters. The Bertz CT molecular complexity index is 1090. The van der Waals surface area contributed by atoms with Gasteiger partial charge in [0.15, 0.2) is 0 Å². The fourth-order valence-electron chi connectivity index (χ4n) is 5.23. The number of carbonyl (C=O) groups is 4. The van der Waals surface area contributed by atoms with E-state index in [1.54, 1.807) is 6.07 Å². The van der Waals surface area contributed by atoms with Crippen molar-refractivity contribution >= 4 is 34.5 Å². The van der Waals surface area contributed by atoms with Gasteiger partial charge in [0, 0.05) is 23.4 Å². The summed E-state index contributed by atoms with van der Waals surface area (Å²) < 4.78 is 0. The highest BCUT2D eigenvalue weighted by Gasteiger charge is 2.32. The van der Waals surface area contributed by atoms with Gasteiger partial charge in [-0.1, -0.05) is 56.9 Å². The molecular formula is C27H35N5O4. The van der Waals surface area contributed by atoms with Crippen LogP contribution in [0.5, 0.6) is 0 Å². The van der Waals surface area contributed by atoms with Gasteiger partial charge in [-0.05, 0) is 43.4 Å². The molecule has 1 aliphatic carbocycles. The van der Waals surface area contributed by atoms with Gasteiger partial charge in [0.2, 0.25) is 17.7 Å². The van der Waals surface area contributed by atoms with Crippen LogP contribution in [0.25, 0.3) is 10.9 Å². The lowest BCUT2D eigenvalue weighted by atomic mass is 9.84. The van der Waals surface area contributed by atoms with E-state index in [-0.39, 0.29) is 30.1 Å². The molecule has 36 heavy (non-hydrogen) atoms. The van der Waals surface area contributed by atoms with Crippen molar-refractivity contribution in [3.8, 4) is 0 Å². The van der Waals surface area contributed by atoms with Crippen LogP contribution in [0, 0.1) is 11.8 Å². The molecule has 0 spiro atoms. The van der Waals surface area contributed by atoms with Gasteiger partial charge in [-0.3, -0.25) is 19.2 Å².